The van der Waals surface area contributed by atoms with Gasteiger partial charge in [0.25, 0.3) is 40.5 Å². The fourth-order valence-corrected chi connectivity index (χ4v) is 10.5. The van der Waals surface area contributed by atoms with E-state index in [-0.39, 0.29) is 106 Å². The third-order valence-electron chi connectivity index (χ3n) is 11.8. The second kappa shape index (κ2) is 25.9. The zero-order valence-corrected chi connectivity index (χ0v) is 47.5. The predicted octanol–water partition coefficient (Wildman–Crippen LogP) is 7.83. The van der Waals surface area contributed by atoms with Crippen LogP contribution in [0.25, 0.3) is 21.5 Å². The monoisotopic (exact) mass is 1250 g/mol. The number of aromatic hydroxyl groups is 4. The van der Waals surface area contributed by atoms with Crippen LogP contribution in [0.3, 0.4) is 0 Å². The smallest absolute Gasteiger partial charge is 0.320 e. The maximum Gasteiger partial charge on any atom is 0.320 e. The van der Waals surface area contributed by atoms with E-state index in [9.17, 15) is 72.3 Å². The van der Waals surface area contributed by atoms with Crippen LogP contribution >= 0.6 is 0 Å². The van der Waals surface area contributed by atoms with Crippen molar-refractivity contribution in [2.45, 2.75) is 52.7 Å². The Hall–Kier alpha value is -8.98. The Morgan fingerprint density at radius 2 is 0.776 bits per heavy atom. The lowest BCUT2D eigenvalue weighted by atomic mass is 10.1. The molecule has 0 bridgehead atoms. The molecule has 0 fully saturated rings. The number of nitrogens with one attached hydrogen (secondary N) is 4. The second-order valence-electron chi connectivity index (χ2n) is 18.2. The van der Waals surface area contributed by atoms with Crippen molar-refractivity contribution in [3.8, 4) is 23.5 Å². The summed E-state index contributed by atoms with van der Waals surface area (Å²) in [5.74, 6) is -2.02. The highest BCUT2D eigenvalue weighted by molar-refractivity contribution is 7.86. The summed E-state index contributed by atoms with van der Waals surface area (Å²) in [6, 6.07) is 15.7. The molecule has 0 saturated carbocycles. The number of nitrogens with zero attached hydrogens (tertiary/aromatic N) is 10. The van der Waals surface area contributed by atoms with Crippen molar-refractivity contribution in [1.82, 2.24) is 29.9 Å². The molecule has 0 unspecified atom stereocenters. The number of benzene rings is 6. The lowest BCUT2D eigenvalue weighted by Crippen LogP contribution is -2.12. The number of fused-ring (bicyclic) bond motifs is 2. The van der Waals surface area contributed by atoms with Crippen molar-refractivity contribution in [2.75, 3.05) is 60.8 Å². The van der Waals surface area contributed by atoms with Gasteiger partial charge in [-0.05, 0) is 116 Å². The molecular formula is C49H50N14O18S4. The Morgan fingerprint density at radius 1 is 0.424 bits per heavy atom. The maximum absolute atomic E-state index is 12.2. The van der Waals surface area contributed by atoms with Crippen molar-refractivity contribution in [3.63, 3.8) is 0 Å². The average molecular weight is 1250 g/mol. The van der Waals surface area contributed by atoms with E-state index >= 15 is 0 Å². The Balaban J connectivity index is 0.801. The number of aryl methyl sites for hydroxylation is 2. The SMILES string of the molecule is Cc1ccc(N=Nc2ccc3cc(S(=O)(=O)O)cc(Nc4nc(O)nc(NCCCOCCCOCCCNc5nc(O)nc(Nc6cc(S(=O)(=O)O)cc7ccc(N=Nc8ccc(C)cc8S(=O)(=O)O)c(O)c67)n5)n4)c3c2O)c(S(=O)(=O)O)c1. The predicted molar refractivity (Wildman–Crippen MR) is 303 cm³/mol. The van der Waals surface area contributed by atoms with Crippen LogP contribution in [0.1, 0.15) is 30.4 Å². The lowest BCUT2D eigenvalue weighted by Gasteiger charge is -2.14. The third-order valence-corrected chi connectivity index (χ3v) is 15.2. The van der Waals surface area contributed by atoms with Crippen LogP contribution < -0.4 is 21.3 Å². The van der Waals surface area contributed by atoms with Gasteiger partial charge in [-0.2, -0.15) is 63.6 Å². The number of rotatable bonds is 26. The molecule has 85 heavy (non-hydrogen) atoms. The van der Waals surface area contributed by atoms with E-state index in [4.69, 9.17) is 9.47 Å². The molecule has 0 radical (unpaired) electrons. The summed E-state index contributed by atoms with van der Waals surface area (Å²) in [7, 11) is -19.1. The number of aromatic nitrogens is 6. The summed E-state index contributed by atoms with van der Waals surface area (Å²) in [5, 5.41) is 70.4. The number of anilines is 6. The van der Waals surface area contributed by atoms with Gasteiger partial charge in [-0.25, -0.2) is 0 Å². The molecule has 0 aliphatic carbocycles. The maximum atomic E-state index is 12.2. The molecule has 36 heteroatoms. The van der Waals surface area contributed by atoms with Gasteiger partial charge in [-0.15, -0.1) is 20.5 Å². The van der Waals surface area contributed by atoms with Gasteiger partial charge in [0.1, 0.15) is 32.5 Å². The number of phenols is 2. The minimum atomic E-state index is -4.81. The Bertz CT molecular complexity index is 4130. The van der Waals surface area contributed by atoms with Crippen LogP contribution in [0.2, 0.25) is 0 Å². The van der Waals surface area contributed by atoms with Crippen LogP contribution in [0, 0.1) is 13.8 Å². The molecule has 12 N–H and O–H groups in total. The standard InChI is InChI=1S/C49H50N14O18S4/c1-26-6-10-32(38(20-26)84(74,75)76)60-62-34-12-8-28-22-30(82(68,69)70)24-36(40(28)42(34)64)52-46-54-44(56-48(66)58-46)50-14-3-16-80-18-5-19-81-17-4-15-51-45-55-47(59-49(67)57-45)53-37-25-31(83(71,72)73)23-29-9-13-35(43(65)41(29)37)63-61-33-11-7-27(2)21-39(33)85(77,78)79/h6-13,20-25,64-65H,3-5,14-19H2,1-2H3,(H,68,69,70)(H,71,72,73)(H,74,75,76)(H,77,78,79)(H3,50,52,54,56,58,66)(H3,51,53,55,57,59,67). The Kier molecular flexibility index (Phi) is 18.9. The number of azo groups is 2. The number of phenolic OH excluding ortho intramolecular Hbond substituents is 2. The summed E-state index contributed by atoms with van der Waals surface area (Å²) in [6.45, 7) is 4.93. The Labute approximate surface area is 482 Å². The molecule has 0 aliphatic heterocycles. The molecule has 8 aromatic rings. The minimum Gasteiger partial charge on any atom is -0.505 e. The van der Waals surface area contributed by atoms with Crippen molar-refractivity contribution < 1.29 is 81.8 Å². The quantitative estimate of drug-likeness (QED) is 0.0139. The van der Waals surface area contributed by atoms with Gasteiger partial charge >= 0.3 is 12.0 Å². The fraction of sp³-hybridized carbons (Fsp3) is 0.224. The molecule has 0 aliphatic rings. The normalized spacial score (nSPS) is 12.4. The number of ether oxygens (including phenoxy) is 2. The van der Waals surface area contributed by atoms with Crippen molar-refractivity contribution in [2.24, 2.45) is 20.5 Å². The third kappa shape index (κ3) is 16.2. The molecule has 448 valence electrons. The molecule has 0 spiro atoms. The molecule has 32 nitrogen and oxygen atoms in total. The van der Waals surface area contributed by atoms with Gasteiger partial charge in [0, 0.05) is 50.3 Å². The van der Waals surface area contributed by atoms with Crippen molar-refractivity contribution in [1.29, 1.82) is 0 Å². The van der Waals surface area contributed by atoms with E-state index in [1.165, 1.54) is 60.7 Å². The highest BCUT2D eigenvalue weighted by atomic mass is 32.2. The van der Waals surface area contributed by atoms with E-state index in [2.05, 4.69) is 71.6 Å². The first kappa shape index (κ1) is 62.1. The van der Waals surface area contributed by atoms with Gasteiger partial charge in [0.15, 0.2) is 11.5 Å². The Morgan fingerprint density at radius 3 is 1.15 bits per heavy atom. The van der Waals surface area contributed by atoms with E-state index in [0.29, 0.717) is 43.6 Å². The zero-order valence-electron chi connectivity index (χ0n) is 44.2. The molecule has 8 rings (SSSR count). The fourth-order valence-electron chi connectivity index (χ4n) is 7.97. The summed E-state index contributed by atoms with van der Waals surface area (Å²) in [4.78, 5) is 21.5. The van der Waals surface area contributed by atoms with Gasteiger partial charge in [-0.3, -0.25) is 18.2 Å². The van der Waals surface area contributed by atoms with Gasteiger partial charge in [0.05, 0.1) is 21.2 Å². The summed E-state index contributed by atoms with van der Waals surface area (Å²) in [5.41, 5.74) is -0.289. The summed E-state index contributed by atoms with van der Waals surface area (Å²) >= 11 is 0. The van der Waals surface area contributed by atoms with E-state index in [1.54, 1.807) is 13.8 Å². The topological polar surface area (TPSA) is 492 Å². The molecule has 2 heterocycles. The van der Waals surface area contributed by atoms with E-state index in [0.717, 1.165) is 24.3 Å². The minimum absolute atomic E-state index is 0.0724. The molecule has 0 atom stereocenters. The first-order valence-corrected chi connectivity index (χ1v) is 30.5. The second-order valence-corrected chi connectivity index (χ2v) is 23.8. The molecular weight excluding hydrogens is 1200 g/mol. The van der Waals surface area contributed by atoms with Crippen LogP contribution in [0.15, 0.2) is 125 Å². The van der Waals surface area contributed by atoms with E-state index in [1.807, 2.05) is 0 Å². The number of hydrogen-bond acceptors (Lipinski definition) is 28. The summed E-state index contributed by atoms with van der Waals surface area (Å²) in [6.07, 6.45) is 1.41. The zero-order chi connectivity index (χ0) is 61.4. The van der Waals surface area contributed by atoms with Crippen LogP contribution in [0.4, 0.5) is 57.9 Å². The van der Waals surface area contributed by atoms with E-state index < -0.39 is 83.6 Å². The molecule has 2 aromatic heterocycles. The molecule has 0 saturated heterocycles. The van der Waals surface area contributed by atoms with Gasteiger partial charge < -0.3 is 51.2 Å². The van der Waals surface area contributed by atoms with Crippen LogP contribution in [0.5, 0.6) is 23.5 Å². The van der Waals surface area contributed by atoms with Crippen LogP contribution in [-0.2, 0) is 49.9 Å². The highest BCUT2D eigenvalue weighted by Gasteiger charge is 2.23. The van der Waals surface area contributed by atoms with Gasteiger partial charge in [0.2, 0.25) is 23.8 Å². The van der Waals surface area contributed by atoms with Crippen molar-refractivity contribution >= 4 is 120 Å². The first-order chi connectivity index (χ1) is 40.1. The molecule has 0 amide bonds. The lowest BCUT2D eigenvalue weighted by molar-refractivity contribution is 0.0825. The summed E-state index contributed by atoms with van der Waals surface area (Å²) < 4.78 is 148. The molecule has 6 aromatic carbocycles. The average Bonchev–Trinajstić information content (AvgIpc) is 1.37. The number of hydrogen-bond donors (Lipinski definition) is 12. The van der Waals surface area contributed by atoms with Crippen LogP contribution in [-0.4, -0.2) is 142 Å². The van der Waals surface area contributed by atoms with Crippen molar-refractivity contribution in [3.05, 3.63) is 96.1 Å². The first-order valence-electron chi connectivity index (χ1n) is 24.7. The highest BCUT2D eigenvalue weighted by Crippen LogP contribution is 2.44. The van der Waals surface area contributed by atoms with Gasteiger partial charge in [-0.1, -0.05) is 24.3 Å². The largest absolute Gasteiger partial charge is 0.505 e.